The van der Waals surface area contributed by atoms with Crippen molar-refractivity contribution in [3.63, 3.8) is 0 Å². The van der Waals surface area contributed by atoms with Crippen molar-refractivity contribution >= 4 is 38.0 Å². The minimum absolute atomic E-state index is 0.0737. The van der Waals surface area contributed by atoms with Crippen LogP contribution in [0.4, 0.5) is 10.7 Å². The SMILES string of the molecule is Cc1ccc(N=Nc2sc3nc4ccccc4n3c2O)cc1. The van der Waals surface area contributed by atoms with Crippen LogP contribution in [-0.2, 0) is 0 Å². The molecule has 0 saturated carbocycles. The fourth-order valence-electron chi connectivity index (χ4n) is 2.28. The number of thiazole rings is 1. The van der Waals surface area contributed by atoms with Gasteiger partial charge in [-0.15, -0.1) is 10.2 Å². The molecule has 2 aromatic carbocycles. The molecule has 108 valence electrons. The third kappa shape index (κ3) is 2.05. The second-order valence-corrected chi connectivity index (χ2v) is 5.94. The summed E-state index contributed by atoms with van der Waals surface area (Å²) in [5.74, 6) is 0.0737. The summed E-state index contributed by atoms with van der Waals surface area (Å²) in [5, 5.41) is 19.2. The van der Waals surface area contributed by atoms with Crippen molar-refractivity contribution in [1.29, 1.82) is 0 Å². The predicted molar refractivity (Wildman–Crippen MR) is 87.6 cm³/mol. The van der Waals surface area contributed by atoms with Crippen molar-refractivity contribution in [1.82, 2.24) is 9.38 Å². The van der Waals surface area contributed by atoms with Gasteiger partial charge in [0.2, 0.25) is 10.9 Å². The lowest BCUT2D eigenvalue weighted by molar-refractivity contribution is 0.453. The van der Waals surface area contributed by atoms with Crippen LogP contribution in [0.2, 0.25) is 0 Å². The number of para-hydroxylation sites is 2. The lowest BCUT2D eigenvalue weighted by Crippen LogP contribution is -1.77. The molecule has 0 radical (unpaired) electrons. The molecule has 1 N–H and O–H groups in total. The minimum Gasteiger partial charge on any atom is -0.492 e. The van der Waals surface area contributed by atoms with Crippen LogP contribution < -0.4 is 0 Å². The Morgan fingerprint density at radius 3 is 2.64 bits per heavy atom. The standard InChI is InChI=1S/C16H12N4OS/c1-10-6-8-11(9-7-10)18-19-14-15(21)20-13-5-3-2-4-12(13)17-16(20)22-14/h2-9,21H,1H3. The highest BCUT2D eigenvalue weighted by Crippen LogP contribution is 2.39. The fraction of sp³-hybridized carbons (Fsp3) is 0.0625. The van der Waals surface area contributed by atoms with Gasteiger partial charge < -0.3 is 5.11 Å². The summed E-state index contributed by atoms with van der Waals surface area (Å²) in [6, 6.07) is 15.4. The van der Waals surface area contributed by atoms with E-state index in [-0.39, 0.29) is 5.88 Å². The molecule has 0 aliphatic rings. The molecule has 5 nitrogen and oxygen atoms in total. The Bertz CT molecular complexity index is 998. The van der Waals surface area contributed by atoms with Crippen molar-refractivity contribution in [2.45, 2.75) is 6.92 Å². The number of nitrogens with zero attached hydrogens (tertiary/aromatic N) is 4. The number of benzene rings is 2. The number of aromatic nitrogens is 2. The van der Waals surface area contributed by atoms with E-state index in [9.17, 15) is 5.11 Å². The number of rotatable bonds is 2. The number of imidazole rings is 1. The first-order chi connectivity index (χ1) is 10.7. The molecular formula is C16H12N4OS. The topological polar surface area (TPSA) is 62.2 Å². The summed E-state index contributed by atoms with van der Waals surface area (Å²) in [5.41, 5.74) is 3.64. The predicted octanol–water partition coefficient (Wildman–Crippen LogP) is 4.98. The fourth-order valence-corrected chi connectivity index (χ4v) is 3.14. The zero-order valence-electron chi connectivity index (χ0n) is 11.8. The molecule has 2 heterocycles. The van der Waals surface area contributed by atoms with E-state index in [2.05, 4.69) is 15.2 Å². The van der Waals surface area contributed by atoms with Crippen molar-refractivity contribution in [3.8, 4) is 5.88 Å². The van der Waals surface area contributed by atoms with E-state index in [4.69, 9.17) is 0 Å². The Morgan fingerprint density at radius 1 is 1.05 bits per heavy atom. The van der Waals surface area contributed by atoms with Crippen LogP contribution in [-0.4, -0.2) is 14.5 Å². The van der Waals surface area contributed by atoms with Crippen LogP contribution in [0.5, 0.6) is 5.88 Å². The molecule has 0 atom stereocenters. The Labute approximate surface area is 130 Å². The molecule has 22 heavy (non-hydrogen) atoms. The van der Waals surface area contributed by atoms with E-state index in [0.29, 0.717) is 9.96 Å². The molecule has 0 spiro atoms. The average Bonchev–Trinajstić information content (AvgIpc) is 3.04. The van der Waals surface area contributed by atoms with E-state index in [1.54, 1.807) is 4.40 Å². The molecule has 0 amide bonds. The highest BCUT2D eigenvalue weighted by atomic mass is 32.1. The van der Waals surface area contributed by atoms with E-state index in [1.165, 1.54) is 16.9 Å². The molecular weight excluding hydrogens is 296 g/mol. The normalized spacial score (nSPS) is 11.9. The maximum Gasteiger partial charge on any atom is 0.237 e. The van der Waals surface area contributed by atoms with Gasteiger partial charge in [0.1, 0.15) is 0 Å². The summed E-state index contributed by atoms with van der Waals surface area (Å²) in [6.45, 7) is 2.02. The summed E-state index contributed by atoms with van der Waals surface area (Å²) >= 11 is 1.31. The number of hydrogen-bond donors (Lipinski definition) is 1. The minimum atomic E-state index is 0.0737. The lowest BCUT2D eigenvalue weighted by Gasteiger charge is -1.94. The van der Waals surface area contributed by atoms with Crippen molar-refractivity contribution < 1.29 is 5.11 Å². The van der Waals surface area contributed by atoms with Crippen molar-refractivity contribution in [2.24, 2.45) is 10.2 Å². The third-order valence-electron chi connectivity index (χ3n) is 3.41. The van der Waals surface area contributed by atoms with Gasteiger partial charge in [-0.1, -0.05) is 41.2 Å². The Balaban J connectivity index is 1.79. The second kappa shape index (κ2) is 4.92. The van der Waals surface area contributed by atoms with Crippen molar-refractivity contribution in [3.05, 3.63) is 54.1 Å². The van der Waals surface area contributed by atoms with E-state index < -0.39 is 0 Å². The van der Waals surface area contributed by atoms with Crippen molar-refractivity contribution in [2.75, 3.05) is 0 Å². The Morgan fingerprint density at radius 2 is 1.82 bits per heavy atom. The van der Waals surface area contributed by atoms with Gasteiger partial charge in [-0.25, -0.2) is 4.98 Å². The second-order valence-electron chi connectivity index (χ2n) is 4.98. The first-order valence-electron chi connectivity index (χ1n) is 6.80. The molecule has 0 unspecified atom stereocenters. The van der Waals surface area contributed by atoms with Gasteiger partial charge in [-0.05, 0) is 31.2 Å². The van der Waals surface area contributed by atoms with Crippen LogP contribution in [0, 0.1) is 6.92 Å². The lowest BCUT2D eigenvalue weighted by atomic mass is 10.2. The molecule has 4 rings (SSSR count). The largest absolute Gasteiger partial charge is 0.492 e. The van der Waals surface area contributed by atoms with Crippen LogP contribution >= 0.6 is 11.3 Å². The molecule has 0 bridgehead atoms. The number of aromatic hydroxyl groups is 1. The molecule has 0 aliphatic heterocycles. The average molecular weight is 308 g/mol. The summed E-state index contributed by atoms with van der Waals surface area (Å²) in [6.07, 6.45) is 0. The maximum atomic E-state index is 10.4. The van der Waals surface area contributed by atoms with Crippen LogP contribution in [0.15, 0.2) is 58.8 Å². The smallest absolute Gasteiger partial charge is 0.237 e. The van der Waals surface area contributed by atoms with Crippen LogP contribution in [0.1, 0.15) is 5.56 Å². The van der Waals surface area contributed by atoms with Gasteiger partial charge in [0, 0.05) is 0 Å². The first-order valence-corrected chi connectivity index (χ1v) is 7.61. The maximum absolute atomic E-state index is 10.4. The number of hydrogen-bond acceptors (Lipinski definition) is 5. The molecule has 4 aromatic rings. The van der Waals surface area contributed by atoms with Crippen LogP contribution in [0.25, 0.3) is 16.0 Å². The highest BCUT2D eigenvalue weighted by molar-refractivity contribution is 7.21. The zero-order chi connectivity index (χ0) is 15.1. The highest BCUT2D eigenvalue weighted by Gasteiger charge is 2.15. The monoisotopic (exact) mass is 308 g/mol. The van der Waals surface area contributed by atoms with Gasteiger partial charge in [0.05, 0.1) is 16.7 Å². The number of aryl methyl sites for hydroxylation is 1. The zero-order valence-corrected chi connectivity index (χ0v) is 12.6. The van der Waals surface area contributed by atoms with Crippen LogP contribution in [0.3, 0.4) is 0 Å². The molecule has 0 aliphatic carbocycles. The van der Waals surface area contributed by atoms with E-state index in [0.717, 1.165) is 16.7 Å². The quantitative estimate of drug-likeness (QED) is 0.531. The Kier molecular flexibility index (Phi) is 2.90. The third-order valence-corrected chi connectivity index (χ3v) is 4.33. The van der Waals surface area contributed by atoms with Gasteiger partial charge in [0.15, 0.2) is 4.96 Å². The van der Waals surface area contributed by atoms with E-state index >= 15 is 0 Å². The molecule has 0 fully saturated rings. The van der Waals surface area contributed by atoms with Gasteiger partial charge in [-0.2, -0.15) is 0 Å². The van der Waals surface area contributed by atoms with Gasteiger partial charge in [0.25, 0.3) is 0 Å². The van der Waals surface area contributed by atoms with E-state index in [1.807, 2.05) is 55.5 Å². The number of fused-ring (bicyclic) bond motifs is 3. The first kappa shape index (κ1) is 13.0. The molecule has 0 saturated heterocycles. The summed E-state index contributed by atoms with van der Waals surface area (Å²) in [4.78, 5) is 5.19. The molecule has 6 heteroatoms. The molecule has 2 aromatic heterocycles. The Hall–Kier alpha value is -2.73. The summed E-state index contributed by atoms with van der Waals surface area (Å²) < 4.78 is 1.70. The van der Waals surface area contributed by atoms with Gasteiger partial charge in [-0.3, -0.25) is 4.40 Å². The van der Waals surface area contributed by atoms with Gasteiger partial charge >= 0.3 is 0 Å². The summed E-state index contributed by atoms with van der Waals surface area (Å²) in [7, 11) is 0. The number of azo groups is 1.